The van der Waals surface area contributed by atoms with Gasteiger partial charge >= 0.3 is 0 Å². The molecule has 2 aliphatic carbocycles. The fourth-order valence-corrected chi connectivity index (χ4v) is 6.69. The monoisotopic (exact) mass is 487 g/mol. The lowest BCUT2D eigenvalue weighted by molar-refractivity contribution is -0.123. The van der Waals surface area contributed by atoms with Crippen LogP contribution >= 0.6 is 0 Å². The van der Waals surface area contributed by atoms with Gasteiger partial charge in [-0.3, -0.25) is 14.5 Å². The van der Waals surface area contributed by atoms with E-state index >= 15 is 0 Å². The van der Waals surface area contributed by atoms with E-state index in [1.807, 2.05) is 18.2 Å². The Balaban J connectivity index is 1.31. The van der Waals surface area contributed by atoms with Gasteiger partial charge in [0.1, 0.15) is 11.5 Å². The van der Waals surface area contributed by atoms with E-state index in [0.717, 1.165) is 49.1 Å². The first-order valence-electron chi connectivity index (χ1n) is 13.8. The molecule has 0 bridgehead atoms. The summed E-state index contributed by atoms with van der Waals surface area (Å²) in [4.78, 5) is 27.6. The van der Waals surface area contributed by atoms with Crippen molar-refractivity contribution < 1.29 is 14.3 Å². The first-order chi connectivity index (χ1) is 17.2. The molecule has 2 aromatic carbocycles. The second-order valence-electron chi connectivity index (χ2n) is 12.4. The highest BCUT2D eigenvalue weighted by atomic mass is 16.5. The molecule has 192 valence electrons. The maximum Gasteiger partial charge on any atom is 0.159 e. The molecule has 1 aliphatic heterocycles. The van der Waals surface area contributed by atoms with E-state index in [9.17, 15) is 9.59 Å². The van der Waals surface area contributed by atoms with Crippen molar-refractivity contribution in [3.63, 3.8) is 0 Å². The molecule has 0 amide bonds. The molecule has 5 rings (SSSR count). The predicted octanol–water partition coefficient (Wildman–Crippen LogP) is 7.06. The molecule has 3 atom stereocenters. The largest absolute Gasteiger partial charge is 0.490 e. The van der Waals surface area contributed by atoms with Crippen molar-refractivity contribution in [2.45, 2.75) is 90.2 Å². The van der Waals surface area contributed by atoms with E-state index in [0.29, 0.717) is 24.0 Å². The van der Waals surface area contributed by atoms with E-state index in [1.54, 1.807) is 6.92 Å². The van der Waals surface area contributed by atoms with E-state index in [2.05, 4.69) is 50.1 Å². The molecule has 0 radical (unpaired) electrons. The Morgan fingerprint density at radius 3 is 2.47 bits per heavy atom. The van der Waals surface area contributed by atoms with Gasteiger partial charge in [-0.1, -0.05) is 44.5 Å². The zero-order chi connectivity index (χ0) is 25.4. The van der Waals surface area contributed by atoms with Crippen molar-refractivity contribution in [2.24, 2.45) is 11.3 Å². The van der Waals surface area contributed by atoms with Crippen LogP contribution in [0, 0.1) is 11.3 Å². The summed E-state index contributed by atoms with van der Waals surface area (Å²) in [6.45, 7) is 7.13. The van der Waals surface area contributed by atoms with Crippen molar-refractivity contribution in [3.05, 3.63) is 53.6 Å². The predicted molar refractivity (Wildman–Crippen MR) is 145 cm³/mol. The number of Topliss-reactive ketones (excluding diaryl/α,β-unsaturated/α-hetero) is 2. The quantitative estimate of drug-likeness (QED) is 0.374. The lowest BCUT2D eigenvalue weighted by Gasteiger charge is -2.29. The van der Waals surface area contributed by atoms with Gasteiger partial charge in [-0.15, -0.1) is 0 Å². The molecule has 0 N–H and O–H groups in total. The van der Waals surface area contributed by atoms with Crippen LogP contribution in [-0.2, 0) is 4.79 Å². The van der Waals surface area contributed by atoms with Gasteiger partial charge < -0.3 is 4.74 Å². The van der Waals surface area contributed by atoms with Crippen molar-refractivity contribution >= 4 is 11.6 Å². The Morgan fingerprint density at radius 2 is 1.81 bits per heavy atom. The van der Waals surface area contributed by atoms with Gasteiger partial charge in [-0.05, 0) is 99.1 Å². The van der Waals surface area contributed by atoms with E-state index < -0.39 is 0 Å². The summed E-state index contributed by atoms with van der Waals surface area (Å²) in [5, 5.41) is 0. The normalized spacial score (nSPS) is 26.1. The molecule has 0 aromatic heterocycles. The van der Waals surface area contributed by atoms with Crippen LogP contribution in [0.1, 0.15) is 94.0 Å². The smallest absolute Gasteiger partial charge is 0.159 e. The van der Waals surface area contributed by atoms with Crippen LogP contribution in [0.15, 0.2) is 42.5 Å². The summed E-state index contributed by atoms with van der Waals surface area (Å²) in [5.74, 6) is 2.32. The Hall–Kier alpha value is -2.46. The number of likely N-dealkylation sites (tertiary alicyclic amines) is 1. The minimum Gasteiger partial charge on any atom is -0.490 e. The minimum absolute atomic E-state index is 0.0636. The number of carbonyl (C=O) groups excluding carboxylic acids is 2. The van der Waals surface area contributed by atoms with Gasteiger partial charge in [0.2, 0.25) is 0 Å². The molecule has 36 heavy (non-hydrogen) atoms. The number of nitrogens with zero attached hydrogens (tertiary/aromatic N) is 1. The molecule has 0 spiro atoms. The Kier molecular flexibility index (Phi) is 7.09. The van der Waals surface area contributed by atoms with Crippen molar-refractivity contribution in [1.29, 1.82) is 0 Å². The molecule has 4 heteroatoms. The SMILES string of the molecule is CC(=O)c1ccc(O[C@@H]2CC[C@@H](CC(=O)[C@@H]3CC(C)(C)CN3C)C2)c(-c2ccccc2C2CCC2)c1. The second kappa shape index (κ2) is 10.1. The van der Waals surface area contributed by atoms with Crippen LogP contribution in [0.4, 0.5) is 0 Å². The summed E-state index contributed by atoms with van der Waals surface area (Å²) in [6.07, 6.45) is 8.40. The summed E-state index contributed by atoms with van der Waals surface area (Å²) in [5.41, 5.74) is 4.53. The Bertz CT molecular complexity index is 1130. The van der Waals surface area contributed by atoms with Crippen LogP contribution < -0.4 is 4.74 Å². The van der Waals surface area contributed by atoms with Crippen LogP contribution in [0.5, 0.6) is 5.75 Å². The number of likely N-dealkylation sites (N-methyl/N-ethyl adjacent to an activating group) is 1. The maximum absolute atomic E-state index is 13.1. The summed E-state index contributed by atoms with van der Waals surface area (Å²) < 4.78 is 6.64. The second-order valence-corrected chi connectivity index (χ2v) is 12.4. The first kappa shape index (κ1) is 25.2. The lowest BCUT2D eigenvalue weighted by atomic mass is 9.77. The molecular weight excluding hydrogens is 446 g/mol. The topological polar surface area (TPSA) is 46.6 Å². The summed E-state index contributed by atoms with van der Waals surface area (Å²) in [7, 11) is 2.09. The maximum atomic E-state index is 13.1. The summed E-state index contributed by atoms with van der Waals surface area (Å²) >= 11 is 0. The van der Waals surface area contributed by atoms with Gasteiger partial charge in [0.25, 0.3) is 0 Å². The van der Waals surface area contributed by atoms with Crippen LogP contribution in [0.2, 0.25) is 0 Å². The minimum atomic E-state index is 0.0636. The highest BCUT2D eigenvalue weighted by Gasteiger charge is 2.40. The van der Waals surface area contributed by atoms with Gasteiger partial charge in [0, 0.05) is 24.1 Å². The fraction of sp³-hybridized carbons (Fsp3) is 0.562. The zero-order valence-corrected chi connectivity index (χ0v) is 22.4. The lowest BCUT2D eigenvalue weighted by Crippen LogP contribution is -2.33. The van der Waals surface area contributed by atoms with E-state index in [-0.39, 0.29) is 23.3 Å². The average Bonchev–Trinajstić information content (AvgIpc) is 3.35. The molecule has 3 aliphatic rings. The average molecular weight is 488 g/mol. The molecule has 0 unspecified atom stereocenters. The third-order valence-electron chi connectivity index (χ3n) is 8.79. The fourth-order valence-electron chi connectivity index (χ4n) is 6.69. The third-order valence-corrected chi connectivity index (χ3v) is 8.79. The molecule has 4 nitrogen and oxygen atoms in total. The number of hydrogen-bond donors (Lipinski definition) is 0. The first-order valence-corrected chi connectivity index (χ1v) is 13.8. The number of benzene rings is 2. The Labute approximate surface area is 216 Å². The highest BCUT2D eigenvalue weighted by molar-refractivity contribution is 5.96. The van der Waals surface area contributed by atoms with Crippen LogP contribution in [0.3, 0.4) is 0 Å². The van der Waals surface area contributed by atoms with Gasteiger partial charge in [-0.25, -0.2) is 0 Å². The number of ether oxygens (including phenoxy) is 1. The zero-order valence-electron chi connectivity index (χ0n) is 22.4. The molecule has 1 heterocycles. The van der Waals surface area contributed by atoms with Gasteiger partial charge in [0.05, 0.1) is 12.1 Å². The number of carbonyl (C=O) groups is 2. The van der Waals surface area contributed by atoms with Gasteiger partial charge in [-0.2, -0.15) is 0 Å². The standard InChI is InChI=1S/C32H41NO3/c1-21(34)24-13-15-31(28(18-24)27-11-6-5-10-26(27)23-8-7-9-23)36-25-14-12-22(16-25)17-30(35)29-19-32(2,3)20-33(29)4/h5-6,10-11,13,15,18,22-23,25,29H,7-9,12,14,16-17,19-20H2,1-4H3/t22-,25-,29+/m1/s1. The molecule has 1 saturated heterocycles. The van der Waals surface area contributed by atoms with Crippen molar-refractivity contribution in [1.82, 2.24) is 4.90 Å². The highest BCUT2D eigenvalue weighted by Crippen LogP contribution is 2.44. The van der Waals surface area contributed by atoms with Crippen molar-refractivity contribution in [3.8, 4) is 16.9 Å². The van der Waals surface area contributed by atoms with E-state index in [1.165, 1.54) is 30.4 Å². The summed E-state index contributed by atoms with van der Waals surface area (Å²) in [6, 6.07) is 14.6. The number of ketones is 2. The molecule has 3 fully saturated rings. The molecule has 2 aromatic rings. The number of rotatable bonds is 8. The van der Waals surface area contributed by atoms with Gasteiger partial charge in [0.15, 0.2) is 5.78 Å². The van der Waals surface area contributed by atoms with Crippen LogP contribution in [0.25, 0.3) is 11.1 Å². The van der Waals surface area contributed by atoms with Crippen LogP contribution in [-0.4, -0.2) is 42.2 Å². The Morgan fingerprint density at radius 1 is 1.03 bits per heavy atom. The molecule has 2 saturated carbocycles. The van der Waals surface area contributed by atoms with Crippen molar-refractivity contribution in [2.75, 3.05) is 13.6 Å². The molecular formula is C32H41NO3. The number of hydrogen-bond acceptors (Lipinski definition) is 4. The van der Waals surface area contributed by atoms with E-state index in [4.69, 9.17) is 4.74 Å². The third kappa shape index (κ3) is 5.29.